The smallest absolute Gasteiger partial charge is 0.242 e. The van der Waals surface area contributed by atoms with Gasteiger partial charge in [0.15, 0.2) is 0 Å². The van der Waals surface area contributed by atoms with Crippen molar-refractivity contribution in [3.05, 3.63) is 0 Å². The van der Waals surface area contributed by atoms with Gasteiger partial charge in [0.2, 0.25) is 11.8 Å². The number of carbonyl (C=O) groups excluding carboxylic acids is 2. The Labute approximate surface area is 110 Å². The van der Waals surface area contributed by atoms with Gasteiger partial charge in [-0.25, -0.2) is 0 Å². The standard InChI is InChI=1S/C13H26N2O3/c1-5-8-18-9-7-11(16)15-12(10(3)4)13(17)14-6-2/h10,12H,5-9H2,1-4H3,(H,14,17)(H,15,16)/t12-/m0/s1. The van der Waals surface area contributed by atoms with Gasteiger partial charge in [-0.1, -0.05) is 20.8 Å². The van der Waals surface area contributed by atoms with E-state index in [1.165, 1.54) is 0 Å². The van der Waals surface area contributed by atoms with Crippen molar-refractivity contribution < 1.29 is 14.3 Å². The molecule has 18 heavy (non-hydrogen) atoms. The molecule has 0 unspecified atom stereocenters. The highest BCUT2D eigenvalue weighted by atomic mass is 16.5. The SMILES string of the molecule is CCCOCCC(=O)N[C@H](C(=O)NCC)C(C)C. The van der Waals surface area contributed by atoms with Crippen LogP contribution in [0.1, 0.15) is 40.5 Å². The van der Waals surface area contributed by atoms with Crippen LogP contribution < -0.4 is 10.6 Å². The van der Waals surface area contributed by atoms with Crippen molar-refractivity contribution >= 4 is 11.8 Å². The van der Waals surface area contributed by atoms with E-state index in [9.17, 15) is 9.59 Å². The quantitative estimate of drug-likeness (QED) is 0.608. The van der Waals surface area contributed by atoms with Crippen LogP contribution in [0.3, 0.4) is 0 Å². The summed E-state index contributed by atoms with van der Waals surface area (Å²) >= 11 is 0. The highest BCUT2D eigenvalue weighted by Crippen LogP contribution is 2.02. The summed E-state index contributed by atoms with van der Waals surface area (Å²) in [4.78, 5) is 23.4. The van der Waals surface area contributed by atoms with Gasteiger partial charge in [-0.3, -0.25) is 9.59 Å². The molecule has 2 N–H and O–H groups in total. The Morgan fingerprint density at radius 1 is 1.17 bits per heavy atom. The van der Waals surface area contributed by atoms with E-state index in [0.29, 0.717) is 26.2 Å². The van der Waals surface area contributed by atoms with Gasteiger partial charge in [-0.05, 0) is 19.3 Å². The molecule has 5 nitrogen and oxygen atoms in total. The minimum absolute atomic E-state index is 0.0667. The fraction of sp³-hybridized carbons (Fsp3) is 0.846. The van der Waals surface area contributed by atoms with Gasteiger partial charge in [-0.2, -0.15) is 0 Å². The van der Waals surface area contributed by atoms with Gasteiger partial charge < -0.3 is 15.4 Å². The van der Waals surface area contributed by atoms with Crippen LogP contribution in [0.4, 0.5) is 0 Å². The molecule has 0 aromatic rings. The van der Waals surface area contributed by atoms with E-state index in [0.717, 1.165) is 6.42 Å². The molecule has 0 aliphatic heterocycles. The number of hydrogen-bond donors (Lipinski definition) is 2. The maximum Gasteiger partial charge on any atom is 0.242 e. The Balaban J connectivity index is 4.08. The summed E-state index contributed by atoms with van der Waals surface area (Å²) in [6.45, 7) is 9.33. The molecule has 0 aromatic heterocycles. The van der Waals surface area contributed by atoms with Crippen LogP contribution in [0.5, 0.6) is 0 Å². The summed E-state index contributed by atoms with van der Waals surface area (Å²) in [5, 5.41) is 5.47. The molecule has 0 saturated heterocycles. The van der Waals surface area contributed by atoms with Crippen LogP contribution in [-0.4, -0.2) is 37.6 Å². The van der Waals surface area contributed by atoms with Crippen molar-refractivity contribution in [1.29, 1.82) is 0 Å². The lowest BCUT2D eigenvalue weighted by Crippen LogP contribution is -2.49. The molecule has 5 heteroatoms. The number of likely N-dealkylation sites (N-methyl/N-ethyl adjacent to an activating group) is 1. The van der Waals surface area contributed by atoms with Gasteiger partial charge >= 0.3 is 0 Å². The van der Waals surface area contributed by atoms with E-state index >= 15 is 0 Å². The third-order valence-corrected chi connectivity index (χ3v) is 2.44. The van der Waals surface area contributed by atoms with Crippen LogP contribution in [-0.2, 0) is 14.3 Å². The third-order valence-electron chi connectivity index (χ3n) is 2.44. The monoisotopic (exact) mass is 258 g/mol. The second kappa shape index (κ2) is 9.88. The number of nitrogens with one attached hydrogen (secondary N) is 2. The molecule has 0 aliphatic rings. The largest absolute Gasteiger partial charge is 0.381 e. The van der Waals surface area contributed by atoms with Crippen molar-refractivity contribution in [1.82, 2.24) is 10.6 Å². The zero-order chi connectivity index (χ0) is 14.0. The Hall–Kier alpha value is -1.10. The topological polar surface area (TPSA) is 67.4 Å². The maximum atomic E-state index is 11.7. The van der Waals surface area contributed by atoms with Crippen molar-refractivity contribution in [2.45, 2.75) is 46.6 Å². The lowest BCUT2D eigenvalue weighted by atomic mass is 10.0. The number of rotatable bonds is 9. The summed E-state index contributed by atoms with van der Waals surface area (Å²) in [5.41, 5.74) is 0. The number of ether oxygens (including phenoxy) is 1. The average Bonchev–Trinajstić information content (AvgIpc) is 2.31. The molecule has 1 atom stereocenters. The van der Waals surface area contributed by atoms with Crippen LogP contribution in [0.15, 0.2) is 0 Å². The minimum Gasteiger partial charge on any atom is -0.381 e. The van der Waals surface area contributed by atoms with E-state index < -0.39 is 6.04 Å². The summed E-state index contributed by atoms with van der Waals surface area (Å²) in [6.07, 6.45) is 1.23. The van der Waals surface area contributed by atoms with E-state index in [4.69, 9.17) is 4.74 Å². The Bertz CT molecular complexity index is 255. The van der Waals surface area contributed by atoms with Crippen LogP contribution in [0, 0.1) is 5.92 Å². The Kier molecular flexibility index (Phi) is 9.28. The maximum absolute atomic E-state index is 11.7. The first-order valence-electron chi connectivity index (χ1n) is 6.67. The second-order valence-corrected chi connectivity index (χ2v) is 4.55. The van der Waals surface area contributed by atoms with Crippen LogP contribution >= 0.6 is 0 Å². The molecule has 0 heterocycles. The fourth-order valence-electron chi connectivity index (χ4n) is 1.48. The second-order valence-electron chi connectivity index (χ2n) is 4.55. The fourth-order valence-corrected chi connectivity index (χ4v) is 1.48. The third kappa shape index (κ3) is 7.27. The molecule has 0 rings (SSSR count). The van der Waals surface area contributed by atoms with E-state index in [1.807, 2.05) is 27.7 Å². The first kappa shape index (κ1) is 16.9. The first-order chi connectivity index (χ1) is 8.52. The van der Waals surface area contributed by atoms with E-state index in [2.05, 4.69) is 10.6 Å². The molecule has 106 valence electrons. The molecule has 0 aromatic carbocycles. The van der Waals surface area contributed by atoms with Crippen LogP contribution in [0.25, 0.3) is 0 Å². The van der Waals surface area contributed by atoms with Gasteiger partial charge in [0, 0.05) is 19.6 Å². The molecule has 0 saturated carbocycles. The van der Waals surface area contributed by atoms with Gasteiger partial charge in [0.25, 0.3) is 0 Å². The van der Waals surface area contributed by atoms with Crippen molar-refractivity contribution in [2.75, 3.05) is 19.8 Å². The highest BCUT2D eigenvalue weighted by Gasteiger charge is 2.23. The number of carbonyl (C=O) groups is 2. The first-order valence-corrected chi connectivity index (χ1v) is 6.67. The number of amides is 2. The average molecular weight is 258 g/mol. The molecule has 2 amide bonds. The van der Waals surface area contributed by atoms with Gasteiger partial charge in [0.1, 0.15) is 6.04 Å². The van der Waals surface area contributed by atoms with Crippen LogP contribution in [0.2, 0.25) is 0 Å². The van der Waals surface area contributed by atoms with Crippen molar-refractivity contribution in [3.63, 3.8) is 0 Å². The number of hydrogen-bond acceptors (Lipinski definition) is 3. The molecule has 0 aliphatic carbocycles. The van der Waals surface area contributed by atoms with E-state index in [1.54, 1.807) is 0 Å². The predicted molar refractivity (Wildman–Crippen MR) is 71.2 cm³/mol. The molecule has 0 fully saturated rings. The van der Waals surface area contributed by atoms with Crippen molar-refractivity contribution in [3.8, 4) is 0 Å². The molecule has 0 bridgehead atoms. The van der Waals surface area contributed by atoms with E-state index in [-0.39, 0.29) is 17.7 Å². The highest BCUT2D eigenvalue weighted by molar-refractivity contribution is 5.87. The minimum atomic E-state index is -0.469. The molecule has 0 spiro atoms. The molecule has 0 radical (unpaired) electrons. The summed E-state index contributed by atoms with van der Waals surface area (Å²) in [5.74, 6) is -0.205. The summed E-state index contributed by atoms with van der Waals surface area (Å²) < 4.78 is 5.24. The zero-order valence-electron chi connectivity index (χ0n) is 11.9. The lowest BCUT2D eigenvalue weighted by Gasteiger charge is -2.21. The Morgan fingerprint density at radius 2 is 1.83 bits per heavy atom. The predicted octanol–water partition coefficient (Wildman–Crippen LogP) is 1.08. The normalized spacial score (nSPS) is 12.3. The van der Waals surface area contributed by atoms with Gasteiger partial charge in [0.05, 0.1) is 6.61 Å². The zero-order valence-corrected chi connectivity index (χ0v) is 11.9. The summed E-state index contributed by atoms with van der Waals surface area (Å²) in [7, 11) is 0. The Morgan fingerprint density at radius 3 is 2.33 bits per heavy atom. The molecular weight excluding hydrogens is 232 g/mol. The van der Waals surface area contributed by atoms with Crippen molar-refractivity contribution in [2.24, 2.45) is 5.92 Å². The lowest BCUT2D eigenvalue weighted by molar-refractivity contribution is -0.130. The summed E-state index contributed by atoms with van der Waals surface area (Å²) in [6, 6.07) is -0.469. The van der Waals surface area contributed by atoms with Gasteiger partial charge in [-0.15, -0.1) is 0 Å². The molecular formula is C13H26N2O3.